The third kappa shape index (κ3) is 1.95. The molecule has 3 aromatic rings. The Bertz CT molecular complexity index is 722. The molecule has 0 radical (unpaired) electrons. The number of H-pyrrole nitrogens is 1. The SMILES string of the molecule is ClSc1c[nH]c2c(-n3cc(Br)cn3)c(Cl)ccc12. The van der Waals surface area contributed by atoms with Crippen molar-refractivity contribution in [2.75, 3.05) is 0 Å². The number of aromatic nitrogens is 3. The van der Waals surface area contributed by atoms with Crippen LogP contribution in [-0.2, 0) is 0 Å². The van der Waals surface area contributed by atoms with Crippen LogP contribution >= 0.6 is 49.2 Å². The van der Waals surface area contributed by atoms with E-state index in [1.165, 1.54) is 11.0 Å². The number of halogens is 3. The van der Waals surface area contributed by atoms with Gasteiger partial charge in [0.2, 0.25) is 0 Å². The Hall–Kier alpha value is -0.620. The predicted octanol–water partition coefficient (Wildman–Crippen LogP) is 5.02. The number of rotatable bonds is 2. The summed E-state index contributed by atoms with van der Waals surface area (Å²) >= 11 is 9.64. The zero-order valence-electron chi connectivity index (χ0n) is 8.82. The van der Waals surface area contributed by atoms with E-state index < -0.39 is 0 Å². The first kappa shape index (κ1) is 12.4. The third-order valence-electron chi connectivity index (χ3n) is 2.61. The molecule has 0 aliphatic carbocycles. The Morgan fingerprint density at radius 2 is 2.22 bits per heavy atom. The maximum absolute atomic E-state index is 6.26. The summed E-state index contributed by atoms with van der Waals surface area (Å²) < 4.78 is 2.63. The van der Waals surface area contributed by atoms with Crippen molar-refractivity contribution >= 4 is 60.1 Å². The first-order valence-corrected chi connectivity index (χ1v) is 7.81. The molecule has 0 fully saturated rings. The van der Waals surface area contributed by atoms with Crippen molar-refractivity contribution in [1.29, 1.82) is 0 Å². The maximum Gasteiger partial charge on any atom is 0.107 e. The van der Waals surface area contributed by atoms with Crippen molar-refractivity contribution in [3.8, 4) is 5.69 Å². The molecule has 3 rings (SSSR count). The third-order valence-corrected chi connectivity index (χ3v) is 4.32. The van der Waals surface area contributed by atoms with E-state index in [9.17, 15) is 0 Å². The van der Waals surface area contributed by atoms with Crippen molar-refractivity contribution in [3.63, 3.8) is 0 Å². The number of nitrogens with one attached hydrogen (secondary N) is 1. The average Bonchev–Trinajstić information content (AvgIpc) is 2.95. The van der Waals surface area contributed by atoms with Crippen LogP contribution in [0.25, 0.3) is 16.6 Å². The smallest absolute Gasteiger partial charge is 0.107 e. The van der Waals surface area contributed by atoms with Gasteiger partial charge in [-0.1, -0.05) is 17.7 Å². The Morgan fingerprint density at radius 3 is 2.89 bits per heavy atom. The van der Waals surface area contributed by atoms with Gasteiger partial charge in [0.05, 0.1) is 21.2 Å². The standard InChI is InChI=1S/C11H6BrCl2N3S/c12-6-3-16-17(5-6)11-8(13)2-1-7-9(18-14)4-15-10(7)11/h1-5,15H. The number of hydrogen-bond acceptors (Lipinski definition) is 2. The molecule has 0 saturated carbocycles. The minimum atomic E-state index is 0.631. The van der Waals surface area contributed by atoms with Crippen LogP contribution in [0.3, 0.4) is 0 Å². The van der Waals surface area contributed by atoms with Crippen LogP contribution in [0, 0.1) is 0 Å². The molecule has 1 N–H and O–H groups in total. The zero-order chi connectivity index (χ0) is 12.7. The van der Waals surface area contributed by atoms with E-state index in [1.54, 1.807) is 10.9 Å². The first-order valence-electron chi connectivity index (χ1n) is 4.99. The summed E-state index contributed by atoms with van der Waals surface area (Å²) in [6.45, 7) is 0. The van der Waals surface area contributed by atoms with Crippen LogP contribution in [0.1, 0.15) is 0 Å². The van der Waals surface area contributed by atoms with Gasteiger partial charge in [-0.05, 0) is 43.7 Å². The lowest BCUT2D eigenvalue weighted by Gasteiger charge is -2.06. The molecule has 18 heavy (non-hydrogen) atoms. The lowest BCUT2D eigenvalue weighted by atomic mass is 10.2. The van der Waals surface area contributed by atoms with Crippen molar-refractivity contribution in [1.82, 2.24) is 14.8 Å². The van der Waals surface area contributed by atoms with E-state index in [0.29, 0.717) is 5.02 Å². The Balaban J connectivity index is 2.33. The van der Waals surface area contributed by atoms with Crippen molar-refractivity contribution in [3.05, 3.63) is 40.2 Å². The van der Waals surface area contributed by atoms with Crippen molar-refractivity contribution in [2.24, 2.45) is 0 Å². The highest BCUT2D eigenvalue weighted by Gasteiger charge is 2.13. The van der Waals surface area contributed by atoms with E-state index in [2.05, 4.69) is 26.0 Å². The molecule has 3 nitrogen and oxygen atoms in total. The molecule has 2 aromatic heterocycles. The highest BCUT2D eigenvalue weighted by atomic mass is 79.9. The van der Waals surface area contributed by atoms with Crippen LogP contribution in [0.4, 0.5) is 0 Å². The Morgan fingerprint density at radius 1 is 1.39 bits per heavy atom. The topological polar surface area (TPSA) is 33.6 Å². The second-order valence-electron chi connectivity index (χ2n) is 3.65. The van der Waals surface area contributed by atoms with E-state index in [0.717, 1.165) is 26.0 Å². The van der Waals surface area contributed by atoms with Gasteiger partial charge in [-0.15, -0.1) is 0 Å². The highest BCUT2D eigenvalue weighted by molar-refractivity contribution is 9.10. The fourth-order valence-corrected chi connectivity index (χ4v) is 3.11. The molecule has 0 unspecified atom stereocenters. The molecule has 0 atom stereocenters. The van der Waals surface area contributed by atoms with E-state index >= 15 is 0 Å². The monoisotopic (exact) mass is 361 g/mol. The molecule has 0 amide bonds. The second kappa shape index (κ2) is 4.81. The van der Waals surface area contributed by atoms with Gasteiger partial charge in [-0.2, -0.15) is 5.10 Å². The number of aromatic amines is 1. The molecule has 7 heteroatoms. The van der Waals surface area contributed by atoms with Crippen LogP contribution in [0.15, 0.2) is 40.1 Å². The number of benzene rings is 1. The average molecular weight is 363 g/mol. The van der Waals surface area contributed by atoms with Gasteiger partial charge in [0, 0.05) is 22.7 Å². The van der Waals surface area contributed by atoms with Crippen LogP contribution in [0.5, 0.6) is 0 Å². The summed E-state index contributed by atoms with van der Waals surface area (Å²) in [5.74, 6) is 0. The molecule has 2 heterocycles. The summed E-state index contributed by atoms with van der Waals surface area (Å²) in [4.78, 5) is 4.16. The van der Waals surface area contributed by atoms with Crippen molar-refractivity contribution in [2.45, 2.75) is 4.90 Å². The van der Waals surface area contributed by atoms with Gasteiger partial charge in [-0.25, -0.2) is 4.68 Å². The molecule has 0 aliphatic rings. The summed E-state index contributed by atoms with van der Waals surface area (Å²) in [5.41, 5.74) is 1.73. The minimum absolute atomic E-state index is 0.631. The van der Waals surface area contributed by atoms with Crippen LogP contribution < -0.4 is 0 Å². The largest absolute Gasteiger partial charge is 0.358 e. The van der Waals surface area contributed by atoms with Gasteiger partial charge in [0.15, 0.2) is 0 Å². The van der Waals surface area contributed by atoms with Gasteiger partial charge in [-0.3, -0.25) is 0 Å². The predicted molar refractivity (Wildman–Crippen MR) is 79.8 cm³/mol. The molecular weight excluding hydrogens is 357 g/mol. The fourth-order valence-electron chi connectivity index (χ4n) is 1.84. The summed E-state index contributed by atoms with van der Waals surface area (Å²) in [6, 6.07) is 3.79. The lowest BCUT2D eigenvalue weighted by Crippen LogP contribution is -1.96. The number of fused-ring (bicyclic) bond motifs is 1. The Labute approximate surface area is 125 Å². The fraction of sp³-hybridized carbons (Fsp3) is 0. The Kier molecular flexibility index (Phi) is 3.32. The van der Waals surface area contributed by atoms with Gasteiger partial charge < -0.3 is 4.98 Å². The highest BCUT2D eigenvalue weighted by Crippen LogP contribution is 2.36. The molecule has 1 aromatic carbocycles. The quantitative estimate of drug-likeness (QED) is 0.694. The molecule has 0 saturated heterocycles. The number of hydrogen-bond donors (Lipinski definition) is 1. The first-order chi connectivity index (χ1) is 8.70. The molecule has 0 bridgehead atoms. The number of nitrogens with zero attached hydrogens (tertiary/aromatic N) is 2. The molecule has 0 spiro atoms. The van der Waals surface area contributed by atoms with Crippen LogP contribution in [-0.4, -0.2) is 14.8 Å². The van der Waals surface area contributed by atoms with Gasteiger partial charge >= 0.3 is 0 Å². The molecule has 92 valence electrons. The maximum atomic E-state index is 6.26. The normalized spacial score (nSPS) is 11.3. The minimum Gasteiger partial charge on any atom is -0.358 e. The summed E-state index contributed by atoms with van der Waals surface area (Å²) in [6.07, 6.45) is 5.44. The van der Waals surface area contributed by atoms with E-state index in [-0.39, 0.29) is 0 Å². The van der Waals surface area contributed by atoms with E-state index in [1.807, 2.05) is 24.5 Å². The van der Waals surface area contributed by atoms with Crippen molar-refractivity contribution < 1.29 is 0 Å². The van der Waals surface area contributed by atoms with Gasteiger partial charge in [0.25, 0.3) is 0 Å². The molecular formula is C11H6BrCl2N3S. The summed E-state index contributed by atoms with van der Waals surface area (Å²) in [7, 11) is 7.00. The van der Waals surface area contributed by atoms with Gasteiger partial charge in [0.1, 0.15) is 5.69 Å². The van der Waals surface area contributed by atoms with E-state index in [4.69, 9.17) is 22.3 Å². The zero-order valence-corrected chi connectivity index (χ0v) is 12.7. The lowest BCUT2D eigenvalue weighted by molar-refractivity contribution is 0.885. The molecule has 0 aliphatic heterocycles. The second-order valence-corrected chi connectivity index (χ2v) is 6.03. The van der Waals surface area contributed by atoms with Crippen LogP contribution in [0.2, 0.25) is 5.02 Å². The summed E-state index contributed by atoms with van der Waals surface area (Å²) in [5, 5.41) is 5.92.